The molecule has 0 aliphatic carbocycles. The van der Waals surface area contributed by atoms with Crippen LogP contribution in [-0.2, 0) is 15.1 Å². The molecule has 2 aromatic rings. The molecule has 1 fully saturated rings. The summed E-state index contributed by atoms with van der Waals surface area (Å²) in [6.45, 7) is 9.18. The van der Waals surface area contributed by atoms with Gasteiger partial charge in [-0.1, -0.05) is 30.4 Å². The lowest BCUT2D eigenvalue weighted by atomic mass is 9.90. The Balaban J connectivity index is 1.86. The Morgan fingerprint density at radius 2 is 1.77 bits per heavy atom. The van der Waals surface area contributed by atoms with Crippen molar-refractivity contribution in [2.24, 2.45) is 0 Å². The number of rotatable bonds is 8. The Labute approximate surface area is 175 Å². The summed E-state index contributed by atoms with van der Waals surface area (Å²) in [5, 5.41) is 4.61. The number of carbonyl (C=O) groups excluding carboxylic acids is 3. The molecule has 3 rings (SSSR count). The molecule has 1 saturated heterocycles. The lowest BCUT2D eigenvalue weighted by Crippen LogP contribution is -2.44. The van der Waals surface area contributed by atoms with Crippen LogP contribution in [0, 0.1) is 0 Å². The van der Waals surface area contributed by atoms with Crippen molar-refractivity contribution in [2.75, 3.05) is 26.7 Å². The molecule has 30 heavy (non-hydrogen) atoms. The molecule has 0 bridgehead atoms. The molecule has 1 atom stereocenters. The van der Waals surface area contributed by atoms with Gasteiger partial charge >= 0.3 is 6.03 Å². The highest BCUT2D eigenvalue weighted by Crippen LogP contribution is 2.32. The van der Waals surface area contributed by atoms with E-state index >= 15 is 0 Å². The molecular weight excluding hydrogens is 382 g/mol. The number of nitrogens with zero attached hydrogens (tertiary/aromatic N) is 2. The third-order valence-electron chi connectivity index (χ3n) is 5.24. The number of carbonyl (C=O) groups is 3. The molecule has 1 N–H and O–H groups in total. The van der Waals surface area contributed by atoms with Crippen molar-refractivity contribution in [3.8, 4) is 5.75 Å². The fourth-order valence-electron chi connectivity index (χ4n) is 3.52. The van der Waals surface area contributed by atoms with Crippen LogP contribution in [0.15, 0.2) is 61.7 Å². The van der Waals surface area contributed by atoms with E-state index in [1.807, 2.05) is 30.3 Å². The number of benzene rings is 2. The molecule has 0 radical (unpaired) electrons. The van der Waals surface area contributed by atoms with Gasteiger partial charge in [0.2, 0.25) is 5.91 Å². The predicted molar refractivity (Wildman–Crippen MR) is 115 cm³/mol. The first kappa shape index (κ1) is 21.1. The van der Waals surface area contributed by atoms with Crippen LogP contribution in [0.5, 0.6) is 5.75 Å². The van der Waals surface area contributed by atoms with E-state index in [4.69, 9.17) is 4.74 Å². The van der Waals surface area contributed by atoms with E-state index in [0.717, 1.165) is 21.4 Å². The number of methoxy groups -OCH3 is 1. The number of fused-ring (bicyclic) bond motifs is 1. The molecule has 0 saturated carbocycles. The molecule has 0 spiro atoms. The van der Waals surface area contributed by atoms with Gasteiger partial charge in [0.05, 0.1) is 7.11 Å². The standard InChI is InChI=1S/C23H25N3O4/c1-5-11-25(12-6-2)20(27)15-26-21(28)23(3,24-22(26)29)18-9-7-17-14-19(30-4)10-8-16(17)13-18/h5-10,13-14H,1-2,11-12,15H2,3-4H3,(H,24,29)/t23-/m0/s1. The summed E-state index contributed by atoms with van der Waals surface area (Å²) in [5.74, 6) is -0.0842. The Bertz CT molecular complexity index is 1020. The molecular formula is C23H25N3O4. The first-order valence-corrected chi connectivity index (χ1v) is 9.56. The zero-order valence-electron chi connectivity index (χ0n) is 17.2. The lowest BCUT2D eigenvalue weighted by Gasteiger charge is -2.24. The molecule has 1 aliphatic heterocycles. The molecule has 1 aliphatic rings. The third-order valence-corrected chi connectivity index (χ3v) is 5.24. The quantitative estimate of drug-likeness (QED) is 0.539. The molecule has 7 nitrogen and oxygen atoms in total. The zero-order chi connectivity index (χ0) is 21.9. The maximum Gasteiger partial charge on any atom is 0.325 e. The van der Waals surface area contributed by atoms with Gasteiger partial charge in [-0.05, 0) is 41.5 Å². The number of hydrogen-bond acceptors (Lipinski definition) is 4. The van der Waals surface area contributed by atoms with Gasteiger partial charge in [-0.2, -0.15) is 0 Å². The van der Waals surface area contributed by atoms with Crippen LogP contribution in [0.2, 0.25) is 0 Å². The smallest absolute Gasteiger partial charge is 0.325 e. The van der Waals surface area contributed by atoms with Crippen LogP contribution >= 0.6 is 0 Å². The second-order valence-electron chi connectivity index (χ2n) is 7.25. The van der Waals surface area contributed by atoms with E-state index in [1.54, 1.807) is 32.3 Å². The summed E-state index contributed by atoms with van der Waals surface area (Å²) in [4.78, 5) is 40.7. The molecule has 1 heterocycles. The Kier molecular flexibility index (Phi) is 5.91. The third kappa shape index (κ3) is 3.78. The van der Waals surface area contributed by atoms with Crippen molar-refractivity contribution in [3.63, 3.8) is 0 Å². The minimum Gasteiger partial charge on any atom is -0.497 e. The summed E-state index contributed by atoms with van der Waals surface area (Å²) >= 11 is 0. The Morgan fingerprint density at radius 3 is 2.40 bits per heavy atom. The van der Waals surface area contributed by atoms with Crippen molar-refractivity contribution < 1.29 is 19.1 Å². The van der Waals surface area contributed by atoms with Crippen LogP contribution in [0.4, 0.5) is 4.79 Å². The van der Waals surface area contributed by atoms with Crippen LogP contribution in [0.3, 0.4) is 0 Å². The summed E-state index contributed by atoms with van der Waals surface area (Å²) < 4.78 is 5.24. The van der Waals surface area contributed by atoms with Crippen molar-refractivity contribution in [1.29, 1.82) is 0 Å². The van der Waals surface area contributed by atoms with Crippen LogP contribution in [0.25, 0.3) is 10.8 Å². The number of amides is 4. The average Bonchev–Trinajstić information content (AvgIpc) is 2.96. The second kappa shape index (κ2) is 8.41. The molecule has 0 unspecified atom stereocenters. The highest BCUT2D eigenvalue weighted by molar-refractivity contribution is 6.09. The molecule has 0 aromatic heterocycles. The van der Waals surface area contributed by atoms with Crippen LogP contribution in [-0.4, -0.2) is 54.4 Å². The van der Waals surface area contributed by atoms with Gasteiger partial charge in [0, 0.05) is 13.1 Å². The summed E-state index contributed by atoms with van der Waals surface area (Å²) in [6.07, 6.45) is 3.17. The highest BCUT2D eigenvalue weighted by atomic mass is 16.5. The normalized spacial score (nSPS) is 18.3. The van der Waals surface area contributed by atoms with Gasteiger partial charge < -0.3 is 15.0 Å². The van der Waals surface area contributed by atoms with Crippen LogP contribution < -0.4 is 10.1 Å². The predicted octanol–water partition coefficient (Wildman–Crippen LogP) is 2.82. The van der Waals surface area contributed by atoms with Gasteiger partial charge in [-0.25, -0.2) is 4.79 Å². The van der Waals surface area contributed by atoms with E-state index in [-0.39, 0.29) is 12.5 Å². The van der Waals surface area contributed by atoms with E-state index in [2.05, 4.69) is 18.5 Å². The van der Waals surface area contributed by atoms with Gasteiger partial charge in [0.15, 0.2) is 0 Å². The molecule has 2 aromatic carbocycles. The summed E-state index contributed by atoms with van der Waals surface area (Å²) in [5.41, 5.74) is -0.616. The van der Waals surface area contributed by atoms with E-state index in [0.29, 0.717) is 18.7 Å². The van der Waals surface area contributed by atoms with Gasteiger partial charge in [-0.3, -0.25) is 14.5 Å². The fourth-order valence-corrected chi connectivity index (χ4v) is 3.52. The van der Waals surface area contributed by atoms with E-state index in [1.165, 1.54) is 4.90 Å². The minimum absolute atomic E-state index is 0.305. The number of imide groups is 1. The largest absolute Gasteiger partial charge is 0.497 e. The fraction of sp³-hybridized carbons (Fsp3) is 0.261. The number of nitrogens with one attached hydrogen (secondary N) is 1. The highest BCUT2D eigenvalue weighted by Gasteiger charge is 2.49. The second-order valence-corrected chi connectivity index (χ2v) is 7.25. The number of urea groups is 1. The van der Waals surface area contributed by atoms with Crippen molar-refractivity contribution in [3.05, 3.63) is 67.3 Å². The van der Waals surface area contributed by atoms with Crippen molar-refractivity contribution in [2.45, 2.75) is 12.5 Å². The first-order chi connectivity index (χ1) is 14.3. The maximum atomic E-state index is 13.2. The number of hydrogen-bond donors (Lipinski definition) is 1. The molecule has 156 valence electrons. The SMILES string of the molecule is C=CCN(CC=C)C(=O)CN1C(=O)N[C@@](C)(c2ccc3cc(OC)ccc3c2)C1=O. The molecule has 4 amide bonds. The number of ether oxygens (including phenoxy) is 1. The summed E-state index contributed by atoms with van der Waals surface area (Å²) in [7, 11) is 1.60. The van der Waals surface area contributed by atoms with Crippen molar-refractivity contribution in [1.82, 2.24) is 15.1 Å². The van der Waals surface area contributed by atoms with Gasteiger partial charge in [0.25, 0.3) is 5.91 Å². The topological polar surface area (TPSA) is 79.0 Å². The summed E-state index contributed by atoms with van der Waals surface area (Å²) in [6, 6.07) is 10.6. The van der Waals surface area contributed by atoms with Gasteiger partial charge in [0.1, 0.15) is 17.8 Å². The average molecular weight is 407 g/mol. The van der Waals surface area contributed by atoms with E-state index < -0.39 is 17.5 Å². The Hall–Kier alpha value is -3.61. The maximum absolute atomic E-state index is 13.2. The van der Waals surface area contributed by atoms with Crippen LogP contribution in [0.1, 0.15) is 12.5 Å². The van der Waals surface area contributed by atoms with E-state index in [9.17, 15) is 14.4 Å². The Morgan fingerprint density at radius 1 is 1.13 bits per heavy atom. The molecule has 7 heteroatoms. The lowest BCUT2D eigenvalue weighted by molar-refractivity contribution is -0.138. The monoisotopic (exact) mass is 407 g/mol. The minimum atomic E-state index is -1.26. The first-order valence-electron chi connectivity index (χ1n) is 9.56. The van der Waals surface area contributed by atoms with Crippen molar-refractivity contribution >= 4 is 28.6 Å². The van der Waals surface area contributed by atoms with Gasteiger partial charge in [-0.15, -0.1) is 13.2 Å². The zero-order valence-corrected chi connectivity index (χ0v) is 17.2.